The molecular weight excluding hydrogens is 254 g/mol. The Hall–Kier alpha value is -1.39. The van der Waals surface area contributed by atoms with Gasteiger partial charge in [0.15, 0.2) is 0 Å². The molecule has 1 atom stereocenters. The maximum atomic E-state index is 10.6. The van der Waals surface area contributed by atoms with Crippen LogP contribution in [0.5, 0.6) is 0 Å². The summed E-state index contributed by atoms with van der Waals surface area (Å²) in [6.07, 6.45) is 2.58. The smallest absolute Gasteiger partial charge is 0.304 e. The molecule has 0 aromatic heterocycles. The lowest BCUT2D eigenvalue weighted by Crippen LogP contribution is -2.40. The van der Waals surface area contributed by atoms with Gasteiger partial charge in [0, 0.05) is 13.1 Å². The fourth-order valence-electron chi connectivity index (χ4n) is 2.50. The number of hydrogen-bond donors (Lipinski definition) is 1. The summed E-state index contributed by atoms with van der Waals surface area (Å²) >= 11 is 0. The number of aryl methyl sites for hydroxylation is 1. The van der Waals surface area contributed by atoms with E-state index in [1.165, 1.54) is 11.1 Å². The number of benzene rings is 1. The Morgan fingerprint density at radius 1 is 1.40 bits per heavy atom. The average Bonchev–Trinajstić information content (AvgIpc) is 2.45. The number of nitrogens with zero attached hydrogens (tertiary/aromatic N) is 1. The summed E-state index contributed by atoms with van der Waals surface area (Å²) in [5.41, 5.74) is 2.45. The largest absolute Gasteiger partial charge is 0.481 e. The van der Waals surface area contributed by atoms with Gasteiger partial charge in [-0.1, -0.05) is 29.8 Å². The minimum absolute atomic E-state index is 0.213. The number of aliphatic carboxylic acids is 1. The number of ether oxygens (including phenoxy) is 1. The Balaban J connectivity index is 1.75. The summed E-state index contributed by atoms with van der Waals surface area (Å²) in [7, 11) is 0. The highest BCUT2D eigenvalue weighted by Crippen LogP contribution is 2.15. The van der Waals surface area contributed by atoms with E-state index in [9.17, 15) is 4.79 Å². The SMILES string of the molecule is Cc1ccc(COC2CCCN(CCC(=O)O)C2)cc1. The second-order valence-electron chi connectivity index (χ2n) is 5.51. The number of hydrogen-bond acceptors (Lipinski definition) is 3. The van der Waals surface area contributed by atoms with Crippen LogP contribution in [-0.2, 0) is 16.1 Å². The molecule has 1 heterocycles. The zero-order valence-corrected chi connectivity index (χ0v) is 12.0. The van der Waals surface area contributed by atoms with Crippen LogP contribution in [0, 0.1) is 6.92 Å². The van der Waals surface area contributed by atoms with E-state index in [1.54, 1.807) is 0 Å². The maximum Gasteiger partial charge on any atom is 0.304 e. The van der Waals surface area contributed by atoms with Crippen molar-refractivity contribution < 1.29 is 14.6 Å². The van der Waals surface area contributed by atoms with Crippen molar-refractivity contribution in [3.05, 3.63) is 35.4 Å². The van der Waals surface area contributed by atoms with Crippen molar-refractivity contribution in [1.82, 2.24) is 4.90 Å². The molecular formula is C16H23NO3. The van der Waals surface area contributed by atoms with E-state index in [-0.39, 0.29) is 12.5 Å². The second-order valence-corrected chi connectivity index (χ2v) is 5.51. The van der Waals surface area contributed by atoms with Gasteiger partial charge in [0.1, 0.15) is 0 Å². The highest BCUT2D eigenvalue weighted by molar-refractivity contribution is 5.66. The molecule has 2 rings (SSSR count). The van der Waals surface area contributed by atoms with E-state index in [2.05, 4.69) is 36.1 Å². The fraction of sp³-hybridized carbons (Fsp3) is 0.562. The van der Waals surface area contributed by atoms with E-state index in [0.717, 1.165) is 25.9 Å². The van der Waals surface area contributed by atoms with Gasteiger partial charge in [-0.2, -0.15) is 0 Å². The van der Waals surface area contributed by atoms with Crippen molar-refractivity contribution in [2.75, 3.05) is 19.6 Å². The summed E-state index contributed by atoms with van der Waals surface area (Å²) in [4.78, 5) is 12.8. The lowest BCUT2D eigenvalue weighted by molar-refractivity contribution is -0.137. The van der Waals surface area contributed by atoms with Gasteiger partial charge in [-0.3, -0.25) is 4.79 Å². The van der Waals surface area contributed by atoms with Crippen molar-refractivity contribution >= 4 is 5.97 Å². The van der Waals surface area contributed by atoms with Crippen LogP contribution in [0.3, 0.4) is 0 Å². The van der Waals surface area contributed by atoms with Crippen molar-refractivity contribution in [3.8, 4) is 0 Å². The Kier molecular flexibility index (Phi) is 5.56. The van der Waals surface area contributed by atoms with Gasteiger partial charge in [-0.15, -0.1) is 0 Å². The predicted molar refractivity (Wildman–Crippen MR) is 77.7 cm³/mol. The number of carbonyl (C=O) groups is 1. The van der Waals surface area contributed by atoms with E-state index in [1.807, 2.05) is 0 Å². The molecule has 0 aliphatic carbocycles. The third kappa shape index (κ3) is 4.94. The zero-order valence-electron chi connectivity index (χ0n) is 12.0. The zero-order chi connectivity index (χ0) is 14.4. The molecule has 0 amide bonds. The molecule has 0 saturated carbocycles. The average molecular weight is 277 g/mol. The summed E-state index contributed by atoms with van der Waals surface area (Å²) < 4.78 is 5.96. The first-order chi connectivity index (χ1) is 9.63. The highest BCUT2D eigenvalue weighted by atomic mass is 16.5. The maximum absolute atomic E-state index is 10.6. The van der Waals surface area contributed by atoms with Crippen LogP contribution in [0.4, 0.5) is 0 Å². The molecule has 1 aliphatic rings. The lowest BCUT2D eigenvalue weighted by atomic mass is 10.1. The lowest BCUT2D eigenvalue weighted by Gasteiger charge is -2.32. The topological polar surface area (TPSA) is 49.8 Å². The number of carboxylic acids is 1. The third-order valence-electron chi connectivity index (χ3n) is 3.71. The molecule has 0 spiro atoms. The molecule has 0 radical (unpaired) electrons. The van der Waals surface area contributed by atoms with E-state index in [0.29, 0.717) is 13.2 Å². The van der Waals surface area contributed by atoms with Crippen LogP contribution < -0.4 is 0 Å². The first kappa shape index (κ1) is 15.0. The summed E-state index contributed by atoms with van der Waals surface area (Å²) in [6.45, 7) is 5.17. The number of carboxylic acid groups (broad SMARTS) is 1. The second kappa shape index (κ2) is 7.41. The van der Waals surface area contributed by atoms with Gasteiger partial charge >= 0.3 is 5.97 Å². The number of likely N-dealkylation sites (tertiary alicyclic amines) is 1. The molecule has 4 heteroatoms. The fourth-order valence-corrected chi connectivity index (χ4v) is 2.50. The Labute approximate surface area is 120 Å². The molecule has 110 valence electrons. The minimum Gasteiger partial charge on any atom is -0.481 e. The van der Waals surface area contributed by atoms with Crippen LogP contribution >= 0.6 is 0 Å². The Morgan fingerprint density at radius 3 is 2.85 bits per heavy atom. The van der Waals surface area contributed by atoms with Crippen molar-refractivity contribution in [2.24, 2.45) is 0 Å². The minimum atomic E-state index is -0.729. The van der Waals surface area contributed by atoms with Crippen molar-refractivity contribution in [2.45, 2.75) is 38.9 Å². The van der Waals surface area contributed by atoms with Gasteiger partial charge in [-0.25, -0.2) is 0 Å². The Morgan fingerprint density at radius 2 is 2.15 bits per heavy atom. The summed E-state index contributed by atoms with van der Waals surface area (Å²) in [6, 6.07) is 8.39. The van der Waals surface area contributed by atoms with Crippen LogP contribution in [0.2, 0.25) is 0 Å². The van der Waals surface area contributed by atoms with Gasteiger partial charge in [0.2, 0.25) is 0 Å². The number of rotatable bonds is 6. The molecule has 1 N–H and O–H groups in total. The molecule has 1 aromatic carbocycles. The van der Waals surface area contributed by atoms with Crippen LogP contribution in [0.25, 0.3) is 0 Å². The molecule has 4 nitrogen and oxygen atoms in total. The van der Waals surface area contributed by atoms with Crippen LogP contribution in [0.15, 0.2) is 24.3 Å². The summed E-state index contributed by atoms with van der Waals surface area (Å²) in [5.74, 6) is -0.729. The molecule has 1 aromatic rings. The van der Waals surface area contributed by atoms with Crippen LogP contribution in [-0.4, -0.2) is 41.7 Å². The van der Waals surface area contributed by atoms with Gasteiger partial charge < -0.3 is 14.7 Å². The van der Waals surface area contributed by atoms with E-state index in [4.69, 9.17) is 9.84 Å². The monoisotopic (exact) mass is 277 g/mol. The number of piperidine rings is 1. The molecule has 20 heavy (non-hydrogen) atoms. The van der Waals surface area contributed by atoms with Crippen molar-refractivity contribution in [1.29, 1.82) is 0 Å². The normalized spacial score (nSPS) is 19.9. The molecule has 1 aliphatic heterocycles. The van der Waals surface area contributed by atoms with E-state index >= 15 is 0 Å². The highest BCUT2D eigenvalue weighted by Gasteiger charge is 2.20. The first-order valence-corrected chi connectivity index (χ1v) is 7.25. The van der Waals surface area contributed by atoms with Gasteiger partial charge in [0.05, 0.1) is 19.1 Å². The standard InChI is InChI=1S/C16H23NO3/c1-13-4-6-14(7-5-13)12-20-15-3-2-9-17(11-15)10-8-16(18)19/h4-7,15H,2-3,8-12H2,1H3,(H,18,19). The third-order valence-corrected chi connectivity index (χ3v) is 3.71. The van der Waals surface area contributed by atoms with E-state index < -0.39 is 5.97 Å². The molecule has 0 bridgehead atoms. The molecule has 1 saturated heterocycles. The predicted octanol–water partition coefficient (Wildman–Crippen LogP) is 2.45. The van der Waals surface area contributed by atoms with Gasteiger partial charge in [0.25, 0.3) is 0 Å². The quantitative estimate of drug-likeness (QED) is 0.867. The van der Waals surface area contributed by atoms with Crippen molar-refractivity contribution in [3.63, 3.8) is 0 Å². The van der Waals surface area contributed by atoms with Crippen LogP contribution in [0.1, 0.15) is 30.4 Å². The first-order valence-electron chi connectivity index (χ1n) is 7.25. The molecule has 1 fully saturated rings. The molecule has 1 unspecified atom stereocenters. The summed E-state index contributed by atoms with van der Waals surface area (Å²) in [5, 5.41) is 8.73. The van der Waals surface area contributed by atoms with Gasteiger partial charge in [-0.05, 0) is 31.9 Å². The Bertz CT molecular complexity index is 430.